The smallest absolute Gasteiger partial charge is 0.301 e. The van der Waals surface area contributed by atoms with E-state index in [1.54, 1.807) is 13.8 Å². The van der Waals surface area contributed by atoms with Gasteiger partial charge in [0, 0.05) is 6.42 Å². The first kappa shape index (κ1) is 25.1. The van der Waals surface area contributed by atoms with Crippen molar-refractivity contribution < 1.29 is 29.5 Å². The van der Waals surface area contributed by atoms with Gasteiger partial charge in [-0.05, 0) is 39.0 Å². The lowest BCUT2D eigenvalue weighted by molar-refractivity contribution is -0.322. The van der Waals surface area contributed by atoms with Gasteiger partial charge in [-0.3, -0.25) is 4.89 Å². The highest BCUT2D eigenvalue weighted by Crippen LogP contribution is 2.22. The predicted molar refractivity (Wildman–Crippen MR) is 93.0 cm³/mol. The Balaban J connectivity index is 0. The Bertz CT molecular complexity index is 350. The van der Waals surface area contributed by atoms with E-state index in [-0.39, 0.29) is 11.9 Å². The molecule has 0 saturated heterocycles. The van der Waals surface area contributed by atoms with Gasteiger partial charge in [-0.1, -0.05) is 47.5 Å². The highest BCUT2D eigenvalue weighted by atomic mass is 17.2. The highest BCUT2D eigenvalue weighted by molar-refractivity contribution is 5.70. The number of carbonyl (C=O) groups excluding carboxylic acids is 2. The Morgan fingerprint density at radius 3 is 1.88 bits per heavy atom. The van der Waals surface area contributed by atoms with Gasteiger partial charge in [0.25, 0.3) is 0 Å². The summed E-state index contributed by atoms with van der Waals surface area (Å²) in [6, 6.07) is 0. The second-order valence-electron chi connectivity index (χ2n) is 8.34. The lowest BCUT2D eigenvalue weighted by Gasteiger charge is -2.17. The molecule has 0 bridgehead atoms. The first-order chi connectivity index (χ1) is 10.8. The van der Waals surface area contributed by atoms with Gasteiger partial charge < -0.3 is 4.89 Å². The minimum Gasteiger partial charge on any atom is -0.301 e. The van der Waals surface area contributed by atoms with Crippen molar-refractivity contribution in [2.75, 3.05) is 0 Å². The molecule has 0 fully saturated rings. The van der Waals surface area contributed by atoms with Gasteiger partial charge in [-0.2, -0.15) is 10.1 Å². The summed E-state index contributed by atoms with van der Waals surface area (Å²) in [6.45, 7) is 15.6. The Morgan fingerprint density at radius 1 is 0.958 bits per heavy atom. The molecule has 0 aromatic carbocycles. The molecule has 6 heteroatoms. The van der Waals surface area contributed by atoms with E-state index in [2.05, 4.69) is 30.5 Å². The minimum atomic E-state index is -0.532. The fourth-order valence-corrected chi connectivity index (χ4v) is 1.41. The van der Waals surface area contributed by atoms with Crippen LogP contribution in [0, 0.1) is 11.3 Å². The van der Waals surface area contributed by atoms with Gasteiger partial charge in [0.15, 0.2) is 0 Å². The molecule has 0 heterocycles. The standard InChI is InChI=1S/C10H20O3.C8H16O3/c1-10(2,3)8-6-4-5-7-9(11)13-12;1-6(2)7(9)10-11-8(3,4)5/h12H,4-8H2,1-3H3;6H,1-5H3. The van der Waals surface area contributed by atoms with Gasteiger partial charge in [0.2, 0.25) is 0 Å². The van der Waals surface area contributed by atoms with Crippen LogP contribution < -0.4 is 0 Å². The summed E-state index contributed by atoms with van der Waals surface area (Å²) in [6.07, 6.45) is 4.44. The van der Waals surface area contributed by atoms with Crippen molar-refractivity contribution in [2.24, 2.45) is 11.3 Å². The molecule has 0 amide bonds. The fraction of sp³-hybridized carbons (Fsp3) is 0.889. The van der Waals surface area contributed by atoms with Gasteiger partial charge in [-0.15, -0.1) is 0 Å². The minimum absolute atomic E-state index is 0.141. The zero-order valence-electron chi connectivity index (χ0n) is 16.6. The third kappa shape index (κ3) is 20.9. The maximum Gasteiger partial charge on any atom is 0.344 e. The van der Waals surface area contributed by atoms with E-state index in [9.17, 15) is 9.59 Å². The molecule has 1 N–H and O–H groups in total. The van der Waals surface area contributed by atoms with Crippen molar-refractivity contribution in [3.63, 3.8) is 0 Å². The number of hydrogen-bond donors (Lipinski definition) is 1. The van der Waals surface area contributed by atoms with Crippen molar-refractivity contribution in [1.29, 1.82) is 0 Å². The first-order valence-corrected chi connectivity index (χ1v) is 8.52. The number of hydrogen-bond acceptors (Lipinski definition) is 6. The molecule has 0 aliphatic heterocycles. The molecule has 0 spiro atoms. The second kappa shape index (κ2) is 12.3. The van der Waals surface area contributed by atoms with E-state index in [0.29, 0.717) is 11.8 Å². The van der Waals surface area contributed by atoms with Crippen molar-refractivity contribution in [3.8, 4) is 0 Å². The predicted octanol–water partition coefficient (Wildman–Crippen LogP) is 4.91. The summed E-state index contributed by atoms with van der Waals surface area (Å²) in [4.78, 5) is 34.2. The summed E-state index contributed by atoms with van der Waals surface area (Å²) < 4.78 is 0. The van der Waals surface area contributed by atoms with Gasteiger partial charge >= 0.3 is 11.9 Å². The van der Waals surface area contributed by atoms with Crippen molar-refractivity contribution in [3.05, 3.63) is 0 Å². The quantitative estimate of drug-likeness (QED) is 0.400. The third-order valence-electron chi connectivity index (χ3n) is 2.75. The van der Waals surface area contributed by atoms with Crippen LogP contribution in [0.1, 0.15) is 87.5 Å². The van der Waals surface area contributed by atoms with Crippen LogP contribution in [0.15, 0.2) is 0 Å². The summed E-state index contributed by atoms with van der Waals surface area (Å²) in [5.74, 6) is -1.01. The topological polar surface area (TPSA) is 82.1 Å². The van der Waals surface area contributed by atoms with Crippen molar-refractivity contribution in [2.45, 2.75) is 93.1 Å². The van der Waals surface area contributed by atoms with Crippen LogP contribution in [0.5, 0.6) is 0 Å². The SMILES string of the molecule is CC(C)(C)CCCCCC(=O)OO.CC(C)C(=O)OOC(C)(C)C. The Kier molecular flexibility index (Phi) is 12.8. The Morgan fingerprint density at radius 2 is 1.50 bits per heavy atom. The molecular weight excluding hydrogens is 312 g/mol. The van der Waals surface area contributed by atoms with Crippen LogP contribution in [-0.4, -0.2) is 22.8 Å². The fourth-order valence-electron chi connectivity index (χ4n) is 1.41. The average molecular weight is 348 g/mol. The zero-order valence-corrected chi connectivity index (χ0v) is 16.6. The lowest BCUT2D eigenvalue weighted by Crippen LogP contribution is -2.23. The maximum atomic E-state index is 10.8. The van der Waals surface area contributed by atoms with Gasteiger partial charge in [0.1, 0.15) is 5.60 Å². The third-order valence-corrected chi connectivity index (χ3v) is 2.75. The molecule has 6 nitrogen and oxygen atoms in total. The molecule has 0 radical (unpaired) electrons. The molecule has 144 valence electrons. The van der Waals surface area contributed by atoms with Gasteiger partial charge in [0.05, 0.1) is 5.92 Å². The summed E-state index contributed by atoms with van der Waals surface area (Å²) in [7, 11) is 0. The molecule has 0 aliphatic rings. The van der Waals surface area contributed by atoms with Crippen LogP contribution in [0.2, 0.25) is 0 Å². The molecule has 24 heavy (non-hydrogen) atoms. The summed E-state index contributed by atoms with van der Waals surface area (Å²) >= 11 is 0. The Labute approximate surface area is 146 Å². The summed E-state index contributed by atoms with van der Waals surface area (Å²) in [5, 5.41) is 7.97. The highest BCUT2D eigenvalue weighted by Gasteiger charge is 2.16. The largest absolute Gasteiger partial charge is 0.344 e. The molecule has 0 atom stereocenters. The van der Waals surface area contributed by atoms with E-state index in [1.165, 1.54) is 6.42 Å². The normalized spacial score (nSPS) is 11.6. The molecule has 0 unspecified atom stereocenters. The van der Waals surface area contributed by atoms with Crippen molar-refractivity contribution in [1.82, 2.24) is 0 Å². The average Bonchev–Trinajstić information content (AvgIpc) is 2.42. The van der Waals surface area contributed by atoms with E-state index < -0.39 is 11.6 Å². The Hall–Kier alpha value is -1.14. The molecule has 0 aliphatic carbocycles. The van der Waals surface area contributed by atoms with Crippen LogP contribution in [0.3, 0.4) is 0 Å². The van der Waals surface area contributed by atoms with Crippen LogP contribution in [0.25, 0.3) is 0 Å². The number of unbranched alkanes of at least 4 members (excludes halogenated alkanes) is 2. The van der Waals surface area contributed by atoms with Crippen LogP contribution in [-0.2, 0) is 24.3 Å². The van der Waals surface area contributed by atoms with E-state index in [0.717, 1.165) is 19.3 Å². The monoisotopic (exact) mass is 348 g/mol. The van der Waals surface area contributed by atoms with Crippen LogP contribution >= 0.6 is 0 Å². The van der Waals surface area contributed by atoms with Crippen molar-refractivity contribution >= 4 is 11.9 Å². The molecule has 0 aromatic rings. The van der Waals surface area contributed by atoms with E-state index >= 15 is 0 Å². The molecular formula is C18H36O6. The van der Waals surface area contributed by atoms with E-state index in [1.807, 2.05) is 20.8 Å². The van der Waals surface area contributed by atoms with Crippen LogP contribution in [0.4, 0.5) is 0 Å². The van der Waals surface area contributed by atoms with Gasteiger partial charge in [-0.25, -0.2) is 9.59 Å². The lowest BCUT2D eigenvalue weighted by atomic mass is 9.89. The number of carbonyl (C=O) groups is 2. The second-order valence-corrected chi connectivity index (χ2v) is 8.34. The first-order valence-electron chi connectivity index (χ1n) is 8.52. The summed E-state index contributed by atoms with van der Waals surface area (Å²) in [5.41, 5.74) is -0.0535. The zero-order chi connectivity index (χ0) is 19.4. The molecule has 0 rings (SSSR count). The maximum absolute atomic E-state index is 10.8. The number of rotatable bonds is 7. The van der Waals surface area contributed by atoms with E-state index in [4.69, 9.17) is 10.1 Å². The molecule has 0 aromatic heterocycles. The molecule has 0 saturated carbocycles.